The van der Waals surface area contributed by atoms with Gasteiger partial charge in [0.05, 0.1) is 14.7 Å². The standard InChI is InChI=1S/C17H12ClN3O5S2/c1-10-2-5-13(6-3-10)28(25,26)20-17-19-16(22)15(27-17)9-11-8-12(21(23)24)4-7-14(11)18/h2-9H,1H3,(H,19,20,22)/b15-9+. The number of amides is 1. The molecule has 1 fully saturated rings. The number of benzene rings is 2. The van der Waals surface area contributed by atoms with E-state index >= 15 is 0 Å². The zero-order chi connectivity index (χ0) is 20.5. The molecule has 144 valence electrons. The minimum absolute atomic E-state index is 0.000364. The van der Waals surface area contributed by atoms with Crippen LogP contribution >= 0.6 is 23.4 Å². The Hall–Kier alpha value is -2.69. The quantitative estimate of drug-likeness (QED) is 0.444. The molecular formula is C17H12ClN3O5S2. The lowest BCUT2D eigenvalue weighted by atomic mass is 10.2. The summed E-state index contributed by atoms with van der Waals surface area (Å²) >= 11 is 6.83. The van der Waals surface area contributed by atoms with Crippen molar-refractivity contribution >= 4 is 56.2 Å². The maximum Gasteiger partial charge on any atom is 0.284 e. The van der Waals surface area contributed by atoms with Gasteiger partial charge in [0.15, 0.2) is 5.17 Å². The van der Waals surface area contributed by atoms with Gasteiger partial charge in [-0.1, -0.05) is 29.3 Å². The Kier molecular flexibility index (Phi) is 5.54. The van der Waals surface area contributed by atoms with Crippen molar-refractivity contribution in [1.82, 2.24) is 5.32 Å². The third-order valence-electron chi connectivity index (χ3n) is 3.65. The van der Waals surface area contributed by atoms with E-state index in [0.29, 0.717) is 0 Å². The zero-order valence-electron chi connectivity index (χ0n) is 14.2. The first-order valence-corrected chi connectivity index (χ1v) is 10.4. The summed E-state index contributed by atoms with van der Waals surface area (Å²) in [5.74, 6) is -0.578. The normalized spacial score (nSPS) is 17.1. The van der Waals surface area contributed by atoms with E-state index in [1.54, 1.807) is 12.1 Å². The number of sulfonamides is 1. The number of hydrogen-bond acceptors (Lipinski definition) is 6. The van der Waals surface area contributed by atoms with Crippen molar-refractivity contribution in [3.63, 3.8) is 0 Å². The monoisotopic (exact) mass is 437 g/mol. The van der Waals surface area contributed by atoms with Gasteiger partial charge in [0, 0.05) is 22.7 Å². The second-order valence-corrected chi connectivity index (χ2v) is 8.75. The summed E-state index contributed by atoms with van der Waals surface area (Å²) in [4.78, 5) is 22.6. The SMILES string of the molecule is Cc1ccc(S(=O)(=O)N=C2NC(=O)/C(=C\c3cc([N+](=O)[O-])ccc3Cl)S2)cc1. The fourth-order valence-corrected chi connectivity index (χ4v) is 4.39. The molecular weight excluding hydrogens is 426 g/mol. The molecule has 0 aromatic heterocycles. The molecule has 0 radical (unpaired) electrons. The van der Waals surface area contributed by atoms with E-state index in [9.17, 15) is 23.3 Å². The molecule has 1 amide bonds. The summed E-state index contributed by atoms with van der Waals surface area (Å²) in [6.07, 6.45) is 1.34. The molecule has 1 heterocycles. The van der Waals surface area contributed by atoms with Crippen molar-refractivity contribution in [2.24, 2.45) is 4.40 Å². The number of non-ortho nitro benzene ring substituents is 1. The van der Waals surface area contributed by atoms with Gasteiger partial charge in [-0.25, -0.2) is 0 Å². The van der Waals surface area contributed by atoms with Crippen LogP contribution in [0.5, 0.6) is 0 Å². The Labute approximate surface area is 169 Å². The summed E-state index contributed by atoms with van der Waals surface area (Å²) in [7, 11) is -4.00. The molecule has 1 aliphatic heterocycles. The molecule has 28 heavy (non-hydrogen) atoms. The van der Waals surface area contributed by atoms with Crippen LogP contribution in [0.2, 0.25) is 5.02 Å². The van der Waals surface area contributed by atoms with Gasteiger partial charge in [-0.05, 0) is 43.0 Å². The van der Waals surface area contributed by atoms with Crippen molar-refractivity contribution < 1.29 is 18.1 Å². The molecule has 1 N–H and O–H groups in total. The molecule has 2 aromatic rings. The van der Waals surface area contributed by atoms with Crippen LogP contribution in [0.3, 0.4) is 0 Å². The highest BCUT2D eigenvalue weighted by Crippen LogP contribution is 2.31. The first-order valence-electron chi connectivity index (χ1n) is 7.72. The fourth-order valence-electron chi connectivity index (χ4n) is 2.24. The Morgan fingerprint density at radius 1 is 1.21 bits per heavy atom. The van der Waals surface area contributed by atoms with Crippen molar-refractivity contribution in [2.45, 2.75) is 11.8 Å². The predicted molar refractivity (Wildman–Crippen MR) is 108 cm³/mol. The van der Waals surface area contributed by atoms with Crippen LogP contribution < -0.4 is 5.32 Å². The molecule has 0 atom stereocenters. The van der Waals surface area contributed by atoms with Crippen LogP contribution in [-0.2, 0) is 14.8 Å². The number of rotatable bonds is 4. The molecule has 3 rings (SSSR count). The van der Waals surface area contributed by atoms with E-state index in [4.69, 9.17) is 11.6 Å². The number of carbonyl (C=O) groups excluding carboxylic acids is 1. The largest absolute Gasteiger partial charge is 0.300 e. The minimum Gasteiger partial charge on any atom is -0.300 e. The van der Waals surface area contributed by atoms with Gasteiger partial charge in [-0.3, -0.25) is 20.2 Å². The smallest absolute Gasteiger partial charge is 0.284 e. The molecule has 0 spiro atoms. The third kappa shape index (κ3) is 4.41. The maximum absolute atomic E-state index is 12.4. The van der Waals surface area contributed by atoms with Gasteiger partial charge in [-0.15, -0.1) is 4.40 Å². The number of nitrogens with zero attached hydrogens (tertiary/aromatic N) is 2. The van der Waals surface area contributed by atoms with Crippen molar-refractivity contribution in [3.05, 3.63) is 73.6 Å². The summed E-state index contributed by atoms with van der Waals surface area (Å²) in [5, 5.41) is 13.4. The molecule has 0 aliphatic carbocycles. The first kappa shape index (κ1) is 20.1. The lowest BCUT2D eigenvalue weighted by Crippen LogP contribution is -2.20. The number of aryl methyl sites for hydroxylation is 1. The highest BCUT2D eigenvalue weighted by Gasteiger charge is 2.27. The van der Waals surface area contributed by atoms with E-state index in [1.807, 2.05) is 6.92 Å². The van der Waals surface area contributed by atoms with Gasteiger partial charge < -0.3 is 0 Å². The van der Waals surface area contributed by atoms with Gasteiger partial charge >= 0.3 is 0 Å². The van der Waals surface area contributed by atoms with E-state index in [0.717, 1.165) is 17.3 Å². The van der Waals surface area contributed by atoms with Crippen LogP contribution in [0.25, 0.3) is 6.08 Å². The van der Waals surface area contributed by atoms with E-state index in [2.05, 4.69) is 9.71 Å². The molecule has 11 heteroatoms. The summed E-state index contributed by atoms with van der Waals surface area (Å²) < 4.78 is 28.4. The van der Waals surface area contributed by atoms with Crippen molar-refractivity contribution in [3.8, 4) is 0 Å². The lowest BCUT2D eigenvalue weighted by molar-refractivity contribution is -0.384. The number of amidine groups is 1. The maximum atomic E-state index is 12.4. The lowest BCUT2D eigenvalue weighted by Gasteiger charge is -2.00. The number of hydrogen-bond donors (Lipinski definition) is 1. The topological polar surface area (TPSA) is 119 Å². The van der Waals surface area contributed by atoms with Crippen LogP contribution in [0.1, 0.15) is 11.1 Å². The van der Waals surface area contributed by atoms with Crippen molar-refractivity contribution in [1.29, 1.82) is 0 Å². The molecule has 2 aromatic carbocycles. The van der Waals surface area contributed by atoms with Crippen LogP contribution in [0, 0.1) is 17.0 Å². The van der Waals surface area contributed by atoms with Crippen LogP contribution in [0.15, 0.2) is 56.7 Å². The highest BCUT2D eigenvalue weighted by atomic mass is 35.5. The Balaban J connectivity index is 1.90. The summed E-state index contributed by atoms with van der Waals surface area (Å²) in [6.45, 7) is 1.82. The van der Waals surface area contributed by atoms with Gasteiger partial charge in [0.25, 0.3) is 21.6 Å². The molecule has 0 saturated carbocycles. The Bertz CT molecular complexity index is 1140. The van der Waals surface area contributed by atoms with E-state index in [-0.39, 0.29) is 31.2 Å². The van der Waals surface area contributed by atoms with Crippen LogP contribution in [0.4, 0.5) is 5.69 Å². The average molecular weight is 438 g/mol. The second-order valence-electron chi connectivity index (χ2n) is 5.71. The highest BCUT2D eigenvalue weighted by molar-refractivity contribution is 8.19. The number of nitro groups is 1. The van der Waals surface area contributed by atoms with Gasteiger partial charge in [0.2, 0.25) is 0 Å². The predicted octanol–water partition coefficient (Wildman–Crippen LogP) is 3.51. The Morgan fingerprint density at radius 2 is 1.89 bits per heavy atom. The van der Waals surface area contributed by atoms with Gasteiger partial charge in [-0.2, -0.15) is 8.42 Å². The van der Waals surface area contributed by atoms with Crippen LogP contribution in [-0.4, -0.2) is 24.4 Å². The molecule has 1 saturated heterocycles. The molecule has 8 nitrogen and oxygen atoms in total. The number of halogens is 1. The van der Waals surface area contributed by atoms with E-state index < -0.39 is 20.9 Å². The molecule has 1 aliphatic rings. The Morgan fingerprint density at radius 3 is 2.54 bits per heavy atom. The number of nitrogens with one attached hydrogen (secondary N) is 1. The average Bonchev–Trinajstić information content (AvgIpc) is 2.95. The fraction of sp³-hybridized carbons (Fsp3) is 0.0588. The van der Waals surface area contributed by atoms with Crippen molar-refractivity contribution in [2.75, 3.05) is 0 Å². The third-order valence-corrected chi connectivity index (χ3v) is 6.31. The first-order chi connectivity index (χ1) is 13.2. The molecule has 0 bridgehead atoms. The second kappa shape index (κ2) is 7.74. The summed E-state index contributed by atoms with van der Waals surface area (Å²) in [6, 6.07) is 9.95. The number of nitro benzene ring substituents is 1. The zero-order valence-corrected chi connectivity index (χ0v) is 16.6. The number of carbonyl (C=O) groups is 1. The van der Waals surface area contributed by atoms with Gasteiger partial charge in [0.1, 0.15) is 0 Å². The summed E-state index contributed by atoms with van der Waals surface area (Å²) in [5.41, 5.74) is 0.973. The minimum atomic E-state index is -4.00. The number of thioether (sulfide) groups is 1. The van der Waals surface area contributed by atoms with E-state index in [1.165, 1.54) is 36.4 Å². The molecule has 0 unspecified atom stereocenters.